The number of hydrazone groups is 1. The number of hydrogen-bond acceptors (Lipinski definition) is 11. The second-order valence-corrected chi connectivity index (χ2v) is 15.6. The number of thiophene rings is 1. The number of rotatable bonds is 8. The lowest BCUT2D eigenvalue weighted by atomic mass is 9.88. The van der Waals surface area contributed by atoms with Crippen LogP contribution in [0.5, 0.6) is 0 Å². The highest BCUT2D eigenvalue weighted by Gasteiger charge is 2.46. The van der Waals surface area contributed by atoms with Crippen LogP contribution in [0.4, 0.5) is 5.95 Å². The van der Waals surface area contributed by atoms with Crippen LogP contribution in [0, 0.1) is 0 Å². The molecule has 0 radical (unpaired) electrons. The summed E-state index contributed by atoms with van der Waals surface area (Å²) in [7, 11) is 0. The molecule has 0 bridgehead atoms. The molecule has 9 nitrogen and oxygen atoms in total. The van der Waals surface area contributed by atoms with Crippen molar-refractivity contribution in [2.75, 3.05) is 16.4 Å². The van der Waals surface area contributed by atoms with Crippen molar-refractivity contribution in [3.8, 4) is 5.00 Å². The van der Waals surface area contributed by atoms with Crippen molar-refractivity contribution in [3.05, 3.63) is 84.6 Å². The fourth-order valence-electron chi connectivity index (χ4n) is 5.39. The molecule has 3 aliphatic heterocycles. The number of carbonyl (C=O) groups is 2. The number of nitrogens with zero attached hydrogens (tertiary/aromatic N) is 5. The Labute approximate surface area is 283 Å². The molecular weight excluding hydrogens is 748 g/mol. The molecule has 0 saturated heterocycles. The quantitative estimate of drug-likeness (QED) is 0.145. The number of aromatic nitrogens is 3. The van der Waals surface area contributed by atoms with E-state index in [-0.39, 0.29) is 34.8 Å². The highest BCUT2D eigenvalue weighted by atomic mass is 79.9. The van der Waals surface area contributed by atoms with E-state index in [2.05, 4.69) is 61.3 Å². The number of fused-ring (bicyclic) bond motifs is 8. The molecule has 0 saturated carbocycles. The predicted molar refractivity (Wildman–Crippen MR) is 182 cm³/mol. The molecule has 5 heterocycles. The van der Waals surface area contributed by atoms with Crippen LogP contribution in [0.15, 0.2) is 67.7 Å². The Morgan fingerprint density at radius 2 is 1.66 bits per heavy atom. The molecule has 0 aliphatic carbocycles. The summed E-state index contributed by atoms with van der Waals surface area (Å²) in [4.78, 5) is 29.3. The van der Waals surface area contributed by atoms with Crippen molar-refractivity contribution in [3.63, 3.8) is 0 Å². The fraction of sp³-hybridized carbons (Fsp3) is 0.300. The van der Waals surface area contributed by atoms with E-state index in [1.807, 2.05) is 58.0 Å². The number of nitrogens with one attached hydrogen (secondary N) is 1. The lowest BCUT2D eigenvalue weighted by Gasteiger charge is -2.35. The number of thioether (sulfide) groups is 2. The minimum absolute atomic E-state index is 0.0125. The average molecular weight is 775 g/mol. The summed E-state index contributed by atoms with van der Waals surface area (Å²) in [6.07, 6.45) is 1.39. The number of benzene rings is 2. The summed E-state index contributed by atoms with van der Waals surface area (Å²) in [6, 6.07) is 14.7. The van der Waals surface area contributed by atoms with Crippen LogP contribution in [-0.2, 0) is 17.8 Å². The van der Waals surface area contributed by atoms with Gasteiger partial charge in [-0.05, 0) is 43.2 Å². The maximum atomic E-state index is 13.1. The Morgan fingerprint density at radius 1 is 1.02 bits per heavy atom. The van der Waals surface area contributed by atoms with Crippen LogP contribution in [-0.4, -0.2) is 48.6 Å². The summed E-state index contributed by atoms with van der Waals surface area (Å²) >= 11 is 11.3. The second kappa shape index (κ2) is 12.0. The van der Waals surface area contributed by atoms with E-state index in [9.17, 15) is 9.59 Å². The summed E-state index contributed by atoms with van der Waals surface area (Å²) in [5.74, 6) is 1.07. The van der Waals surface area contributed by atoms with Gasteiger partial charge < -0.3 is 4.74 Å². The highest BCUT2D eigenvalue weighted by Crippen LogP contribution is 2.50. The smallest absolute Gasteiger partial charge is 0.241 e. The van der Waals surface area contributed by atoms with E-state index in [1.165, 1.54) is 34.0 Å². The van der Waals surface area contributed by atoms with E-state index < -0.39 is 0 Å². The first-order valence-corrected chi connectivity index (χ1v) is 18.3. The number of carbonyl (C=O) groups excluding carboxylic acids is 2. The number of amidine groups is 1. The van der Waals surface area contributed by atoms with Crippen molar-refractivity contribution in [2.24, 2.45) is 5.10 Å². The lowest BCUT2D eigenvalue weighted by molar-refractivity contribution is -0.0549. The van der Waals surface area contributed by atoms with E-state index in [0.29, 0.717) is 34.0 Å². The maximum Gasteiger partial charge on any atom is 0.241 e. The van der Waals surface area contributed by atoms with Crippen LogP contribution in [0.25, 0.3) is 5.00 Å². The number of halogens is 2. The van der Waals surface area contributed by atoms with E-state index in [1.54, 1.807) is 11.3 Å². The van der Waals surface area contributed by atoms with Crippen LogP contribution in [0.2, 0.25) is 0 Å². The third-order valence-corrected chi connectivity index (χ3v) is 12.2. The average Bonchev–Trinajstić information content (AvgIpc) is 3.74. The fourth-order valence-corrected chi connectivity index (χ4v) is 8.93. The number of Topliss-reactive ketones (excluding diaryl/α,β-unsaturated/α-hetero) is 2. The third-order valence-electron chi connectivity index (χ3n) is 8.01. The van der Waals surface area contributed by atoms with Gasteiger partial charge in [-0.25, -0.2) is 4.57 Å². The van der Waals surface area contributed by atoms with Crippen LogP contribution in [0.3, 0.4) is 0 Å². The van der Waals surface area contributed by atoms with Gasteiger partial charge in [-0.1, -0.05) is 86.6 Å². The van der Waals surface area contributed by atoms with Gasteiger partial charge >= 0.3 is 0 Å². The lowest BCUT2D eigenvalue weighted by Crippen LogP contribution is -2.40. The van der Waals surface area contributed by atoms with Crippen molar-refractivity contribution < 1.29 is 14.3 Å². The van der Waals surface area contributed by atoms with Crippen molar-refractivity contribution >= 4 is 89.4 Å². The molecule has 2 aromatic carbocycles. The Kier molecular flexibility index (Phi) is 8.25. The molecule has 14 heteroatoms. The van der Waals surface area contributed by atoms with Gasteiger partial charge in [-0.15, -0.1) is 21.5 Å². The first-order chi connectivity index (χ1) is 21.2. The molecule has 4 aromatic rings. The standard InChI is InChI=1S/C30H26Br2N6O3S3/c1-3-30(2)12-20-23(13-41-30)44-26-24(20)25-33-35-28(42-14-21(39)16-4-8-18(31)9-5-16)37(25)27-34-36-29(38(26)27)43-15-22(40)17-6-10-19(32)11-7-17/h4-11,25,33H,3,12-15H2,1-2H3/t25?,30-/m1/s1. The monoisotopic (exact) mass is 772 g/mol. The number of anilines is 1. The van der Waals surface area contributed by atoms with Gasteiger partial charge in [0, 0.05) is 36.9 Å². The molecule has 1 unspecified atom stereocenters. The van der Waals surface area contributed by atoms with Crippen LogP contribution >= 0.6 is 66.7 Å². The molecule has 7 rings (SSSR count). The zero-order valence-corrected chi connectivity index (χ0v) is 29.3. The van der Waals surface area contributed by atoms with Gasteiger partial charge in [-0.3, -0.25) is 19.9 Å². The number of ether oxygens (including phenoxy) is 1. The number of ketones is 2. The van der Waals surface area contributed by atoms with Crippen molar-refractivity contribution in [1.29, 1.82) is 0 Å². The minimum Gasteiger partial charge on any atom is -0.369 e. The van der Waals surface area contributed by atoms with Gasteiger partial charge in [-0.2, -0.15) is 5.10 Å². The molecule has 1 N–H and O–H groups in total. The topological polar surface area (TPSA) is 102 Å². The predicted octanol–water partition coefficient (Wildman–Crippen LogP) is 7.38. The molecular formula is C30H26Br2N6O3S3. The van der Waals surface area contributed by atoms with Crippen LogP contribution in [0.1, 0.15) is 63.2 Å². The molecule has 0 amide bonds. The van der Waals surface area contributed by atoms with Gasteiger partial charge in [0.2, 0.25) is 5.95 Å². The minimum atomic E-state index is -0.284. The maximum absolute atomic E-state index is 13.1. The van der Waals surface area contributed by atoms with Crippen LogP contribution < -0.4 is 10.3 Å². The second-order valence-electron chi connectivity index (χ2n) is 10.8. The molecule has 0 spiro atoms. The molecule has 226 valence electrons. The zero-order chi connectivity index (χ0) is 30.6. The zero-order valence-electron chi connectivity index (χ0n) is 23.7. The summed E-state index contributed by atoms with van der Waals surface area (Å²) in [5, 5.41) is 16.2. The summed E-state index contributed by atoms with van der Waals surface area (Å²) in [5.41, 5.74) is 6.76. The van der Waals surface area contributed by atoms with Crippen molar-refractivity contribution in [2.45, 2.75) is 50.2 Å². The summed E-state index contributed by atoms with van der Waals surface area (Å²) < 4.78 is 10.2. The van der Waals surface area contributed by atoms with Gasteiger partial charge in [0.1, 0.15) is 5.00 Å². The van der Waals surface area contributed by atoms with Crippen molar-refractivity contribution in [1.82, 2.24) is 20.2 Å². The largest absolute Gasteiger partial charge is 0.369 e. The van der Waals surface area contributed by atoms with Gasteiger partial charge in [0.05, 0.1) is 23.7 Å². The Bertz CT molecular complexity index is 1810. The van der Waals surface area contributed by atoms with E-state index >= 15 is 0 Å². The molecule has 2 atom stereocenters. The van der Waals surface area contributed by atoms with Gasteiger partial charge in [0.15, 0.2) is 28.1 Å². The number of hydrogen-bond donors (Lipinski definition) is 1. The van der Waals surface area contributed by atoms with Gasteiger partial charge in [0.25, 0.3) is 0 Å². The Morgan fingerprint density at radius 3 is 2.30 bits per heavy atom. The van der Waals surface area contributed by atoms with E-state index in [4.69, 9.17) is 9.84 Å². The first kappa shape index (κ1) is 30.2. The molecule has 44 heavy (non-hydrogen) atoms. The normalized spacial score (nSPS) is 19.9. The Hall–Kier alpha value is -2.49. The van der Waals surface area contributed by atoms with E-state index in [0.717, 1.165) is 32.4 Å². The SMILES string of the molecule is CC[C@]1(C)Cc2c(sc3c2C2NN=C(SCC(=O)c4ccc(Br)cc4)N2c2nnc(SCC(=O)c4ccc(Br)cc4)n2-3)CO1. The highest BCUT2D eigenvalue weighted by molar-refractivity contribution is 9.10. The Balaban J connectivity index is 1.21. The summed E-state index contributed by atoms with van der Waals surface area (Å²) in [6.45, 7) is 4.85. The molecule has 2 aromatic heterocycles. The molecule has 0 fully saturated rings. The third kappa shape index (κ3) is 5.47. The first-order valence-electron chi connectivity index (χ1n) is 13.9. The molecule has 3 aliphatic rings.